The minimum atomic E-state index is 0.543. The van der Waals surface area contributed by atoms with Gasteiger partial charge in [0.05, 0.1) is 0 Å². The van der Waals surface area contributed by atoms with E-state index in [9.17, 15) is 0 Å². The van der Waals surface area contributed by atoms with E-state index in [1.165, 1.54) is 0 Å². The van der Waals surface area contributed by atoms with Crippen molar-refractivity contribution in [2.45, 2.75) is 6.92 Å². The summed E-state index contributed by atoms with van der Waals surface area (Å²) in [5.41, 5.74) is 6.33. The van der Waals surface area contributed by atoms with Crippen LogP contribution in [0.15, 0.2) is 18.5 Å². The maximum atomic E-state index is 5.32. The molecule has 11 heavy (non-hydrogen) atoms. The third-order valence-electron chi connectivity index (χ3n) is 1.34. The van der Waals surface area contributed by atoms with Gasteiger partial charge >= 0.3 is 0 Å². The highest BCUT2D eigenvalue weighted by Gasteiger charge is 1.95. The highest BCUT2D eigenvalue weighted by molar-refractivity contribution is 5.28. The fourth-order valence-corrected chi connectivity index (χ4v) is 0.791. The molecule has 1 rings (SSSR count). The number of hydrogen-bond donors (Lipinski definition) is 1. The summed E-state index contributed by atoms with van der Waals surface area (Å²) < 4.78 is 5.32. The van der Waals surface area contributed by atoms with E-state index in [0.717, 1.165) is 11.3 Å². The van der Waals surface area contributed by atoms with Crippen molar-refractivity contribution in [3.8, 4) is 5.75 Å². The highest BCUT2D eigenvalue weighted by atomic mass is 16.5. The van der Waals surface area contributed by atoms with Gasteiger partial charge in [0.1, 0.15) is 12.4 Å². The van der Waals surface area contributed by atoms with E-state index in [-0.39, 0.29) is 0 Å². The Morgan fingerprint density at radius 2 is 2.45 bits per heavy atom. The maximum absolute atomic E-state index is 5.32. The molecule has 0 fully saturated rings. The average Bonchev–Trinajstić information content (AvgIpc) is 2.03. The van der Waals surface area contributed by atoms with E-state index in [4.69, 9.17) is 10.5 Å². The Balaban J connectivity index is 2.62. The molecule has 0 radical (unpaired) electrons. The van der Waals surface area contributed by atoms with Crippen molar-refractivity contribution < 1.29 is 4.74 Å². The summed E-state index contributed by atoms with van der Waals surface area (Å²) in [5, 5.41) is 0. The van der Waals surface area contributed by atoms with Crippen LogP contribution in [0.5, 0.6) is 5.75 Å². The molecular formula is C8H12N2O. The normalized spacial score (nSPS) is 9.64. The van der Waals surface area contributed by atoms with Crippen LogP contribution < -0.4 is 10.5 Å². The molecule has 0 unspecified atom stereocenters. The smallest absolute Gasteiger partial charge is 0.125 e. The van der Waals surface area contributed by atoms with Gasteiger partial charge in [-0.25, -0.2) is 0 Å². The van der Waals surface area contributed by atoms with Crippen molar-refractivity contribution in [2.75, 3.05) is 13.2 Å². The summed E-state index contributed by atoms with van der Waals surface area (Å²) in [6, 6.07) is 1.84. The van der Waals surface area contributed by atoms with Crippen molar-refractivity contribution in [2.24, 2.45) is 5.73 Å². The van der Waals surface area contributed by atoms with Crippen molar-refractivity contribution in [3.05, 3.63) is 24.0 Å². The third-order valence-corrected chi connectivity index (χ3v) is 1.34. The number of aromatic nitrogens is 1. The molecule has 2 N–H and O–H groups in total. The van der Waals surface area contributed by atoms with E-state index >= 15 is 0 Å². The minimum Gasteiger partial charge on any atom is -0.492 e. The molecule has 0 aliphatic heterocycles. The molecule has 3 heteroatoms. The lowest BCUT2D eigenvalue weighted by Crippen LogP contribution is -2.11. The van der Waals surface area contributed by atoms with E-state index in [1.807, 2.05) is 13.0 Å². The van der Waals surface area contributed by atoms with Gasteiger partial charge in [-0.05, 0) is 13.0 Å². The van der Waals surface area contributed by atoms with Crippen molar-refractivity contribution in [3.63, 3.8) is 0 Å². The van der Waals surface area contributed by atoms with Crippen LogP contribution >= 0.6 is 0 Å². The number of nitrogens with zero attached hydrogens (tertiary/aromatic N) is 1. The Hall–Kier alpha value is -1.09. The molecule has 1 aromatic rings. The molecular weight excluding hydrogens is 140 g/mol. The zero-order valence-corrected chi connectivity index (χ0v) is 6.58. The number of aryl methyl sites for hydroxylation is 1. The molecule has 0 aliphatic carbocycles. The van der Waals surface area contributed by atoms with Crippen LogP contribution in [-0.2, 0) is 0 Å². The summed E-state index contributed by atoms with van der Waals surface area (Å²) in [4.78, 5) is 3.94. The number of hydrogen-bond acceptors (Lipinski definition) is 3. The van der Waals surface area contributed by atoms with Crippen molar-refractivity contribution >= 4 is 0 Å². The summed E-state index contributed by atoms with van der Waals surface area (Å²) in [7, 11) is 0. The van der Waals surface area contributed by atoms with Crippen LogP contribution in [0.25, 0.3) is 0 Å². The summed E-state index contributed by atoms with van der Waals surface area (Å²) >= 11 is 0. The third kappa shape index (κ3) is 2.20. The molecule has 1 heterocycles. The molecule has 0 spiro atoms. The van der Waals surface area contributed by atoms with Gasteiger partial charge in [-0.2, -0.15) is 0 Å². The second-order valence-corrected chi connectivity index (χ2v) is 2.28. The quantitative estimate of drug-likeness (QED) is 0.694. The summed E-state index contributed by atoms with van der Waals surface area (Å²) in [6.07, 6.45) is 3.48. The van der Waals surface area contributed by atoms with Crippen molar-refractivity contribution in [1.82, 2.24) is 4.98 Å². The maximum Gasteiger partial charge on any atom is 0.125 e. The number of ether oxygens (including phenoxy) is 1. The monoisotopic (exact) mass is 152 g/mol. The number of nitrogens with two attached hydrogens (primary N) is 1. The molecule has 3 nitrogen and oxygen atoms in total. The van der Waals surface area contributed by atoms with E-state index < -0.39 is 0 Å². The topological polar surface area (TPSA) is 48.1 Å². The predicted molar refractivity (Wildman–Crippen MR) is 43.5 cm³/mol. The van der Waals surface area contributed by atoms with Crippen LogP contribution in [0.1, 0.15) is 5.56 Å². The van der Waals surface area contributed by atoms with Gasteiger partial charge in [0.2, 0.25) is 0 Å². The van der Waals surface area contributed by atoms with Crippen LogP contribution in [0.4, 0.5) is 0 Å². The van der Waals surface area contributed by atoms with Gasteiger partial charge in [-0.15, -0.1) is 0 Å². The molecule has 0 amide bonds. The van der Waals surface area contributed by atoms with E-state index in [0.29, 0.717) is 13.2 Å². The average molecular weight is 152 g/mol. The Morgan fingerprint density at radius 1 is 1.64 bits per heavy atom. The fraction of sp³-hybridized carbons (Fsp3) is 0.375. The first-order valence-corrected chi connectivity index (χ1v) is 3.58. The van der Waals surface area contributed by atoms with Crippen LogP contribution in [-0.4, -0.2) is 18.1 Å². The molecule has 0 saturated heterocycles. The van der Waals surface area contributed by atoms with E-state index in [1.54, 1.807) is 12.4 Å². The summed E-state index contributed by atoms with van der Waals surface area (Å²) in [5.74, 6) is 0.866. The second-order valence-electron chi connectivity index (χ2n) is 2.28. The molecule has 60 valence electrons. The van der Waals surface area contributed by atoms with Crippen LogP contribution in [0, 0.1) is 6.92 Å². The molecule has 0 aromatic carbocycles. The molecule has 1 aromatic heterocycles. The van der Waals surface area contributed by atoms with Crippen LogP contribution in [0.2, 0.25) is 0 Å². The Morgan fingerprint density at radius 3 is 3.09 bits per heavy atom. The predicted octanol–water partition coefficient (Wildman–Crippen LogP) is 0.728. The molecule has 0 saturated carbocycles. The van der Waals surface area contributed by atoms with E-state index in [2.05, 4.69) is 4.98 Å². The second kappa shape index (κ2) is 3.93. The van der Waals surface area contributed by atoms with Gasteiger partial charge < -0.3 is 10.5 Å². The fourth-order valence-electron chi connectivity index (χ4n) is 0.791. The number of pyridine rings is 1. The van der Waals surface area contributed by atoms with Crippen molar-refractivity contribution in [1.29, 1.82) is 0 Å². The lowest BCUT2D eigenvalue weighted by Gasteiger charge is -2.05. The standard InChI is InChI=1S/C8H12N2O/c1-7-6-10-4-2-8(7)11-5-3-9/h2,4,6H,3,5,9H2,1H3. The lowest BCUT2D eigenvalue weighted by molar-refractivity contribution is 0.325. The Labute approximate surface area is 66.2 Å². The van der Waals surface area contributed by atoms with Gasteiger partial charge in [0, 0.05) is 24.5 Å². The molecule has 0 atom stereocenters. The van der Waals surface area contributed by atoms with Gasteiger partial charge in [0.15, 0.2) is 0 Å². The zero-order chi connectivity index (χ0) is 8.10. The lowest BCUT2D eigenvalue weighted by atomic mass is 10.3. The Bertz CT molecular complexity index is 225. The van der Waals surface area contributed by atoms with Gasteiger partial charge in [-0.1, -0.05) is 0 Å². The zero-order valence-electron chi connectivity index (χ0n) is 6.58. The van der Waals surface area contributed by atoms with Crippen LogP contribution in [0.3, 0.4) is 0 Å². The number of rotatable bonds is 3. The van der Waals surface area contributed by atoms with Gasteiger partial charge in [0.25, 0.3) is 0 Å². The minimum absolute atomic E-state index is 0.543. The highest BCUT2D eigenvalue weighted by Crippen LogP contribution is 2.13. The SMILES string of the molecule is Cc1cnccc1OCCN. The Kier molecular flexibility index (Phi) is 2.86. The molecule has 0 aliphatic rings. The largest absolute Gasteiger partial charge is 0.492 e. The first-order chi connectivity index (χ1) is 5.34. The summed E-state index contributed by atoms with van der Waals surface area (Å²) in [6.45, 7) is 3.06. The molecule has 0 bridgehead atoms. The first kappa shape index (κ1) is 8.01. The first-order valence-electron chi connectivity index (χ1n) is 3.58. The van der Waals surface area contributed by atoms with Gasteiger partial charge in [-0.3, -0.25) is 4.98 Å².